The molecule has 3 rings (SSSR count). The lowest BCUT2D eigenvalue weighted by Crippen LogP contribution is -1.98. The van der Waals surface area contributed by atoms with E-state index in [0.29, 0.717) is 6.54 Å². The predicted octanol–water partition coefficient (Wildman–Crippen LogP) is 5.06. The summed E-state index contributed by atoms with van der Waals surface area (Å²) in [5.41, 5.74) is 4.37. The van der Waals surface area contributed by atoms with Crippen LogP contribution in [0.2, 0.25) is 5.02 Å². The fraction of sp³-hybridized carbons (Fsp3) is 0.105. The zero-order valence-corrected chi connectivity index (χ0v) is 13.2. The zero-order chi connectivity index (χ0) is 15.4. The fourth-order valence-electron chi connectivity index (χ4n) is 2.29. The summed E-state index contributed by atoms with van der Waals surface area (Å²) in [6.45, 7) is 2.69. The van der Waals surface area contributed by atoms with E-state index in [1.165, 1.54) is 5.56 Å². The van der Waals surface area contributed by atoms with Crippen LogP contribution in [-0.4, -0.2) is 10.8 Å². The Labute approximate surface area is 135 Å². The van der Waals surface area contributed by atoms with Crippen molar-refractivity contribution in [2.45, 2.75) is 13.5 Å². The van der Waals surface area contributed by atoms with Crippen LogP contribution in [0.1, 0.15) is 16.8 Å². The van der Waals surface area contributed by atoms with E-state index in [4.69, 9.17) is 11.6 Å². The molecule has 0 amide bonds. The molecule has 1 aromatic heterocycles. The molecule has 1 heterocycles. The minimum Gasteiger partial charge on any atom is -0.316 e. The second kappa shape index (κ2) is 6.63. The largest absolute Gasteiger partial charge is 0.316 e. The molecule has 0 bridgehead atoms. The number of aromatic nitrogens is 1. The Morgan fingerprint density at radius 3 is 2.64 bits per heavy atom. The van der Waals surface area contributed by atoms with Crippen molar-refractivity contribution >= 4 is 17.8 Å². The maximum Gasteiger partial charge on any atom is 0.0640 e. The number of aryl methyl sites for hydroxylation is 1. The Bertz CT molecular complexity index is 788. The summed E-state index contributed by atoms with van der Waals surface area (Å²) in [7, 11) is 0. The molecule has 0 fully saturated rings. The lowest BCUT2D eigenvalue weighted by atomic mass is 10.2. The van der Waals surface area contributed by atoms with Crippen molar-refractivity contribution in [2.24, 2.45) is 4.99 Å². The van der Waals surface area contributed by atoms with Gasteiger partial charge < -0.3 is 4.57 Å². The summed E-state index contributed by atoms with van der Waals surface area (Å²) in [6.07, 6.45) is 3.92. The number of aliphatic imine (C=N–C) groups is 1. The fourth-order valence-corrected chi connectivity index (χ4v) is 2.47. The predicted molar refractivity (Wildman–Crippen MR) is 93.3 cm³/mol. The minimum absolute atomic E-state index is 0.681. The lowest BCUT2D eigenvalue weighted by molar-refractivity contribution is 1.04. The first-order valence-electron chi connectivity index (χ1n) is 7.22. The number of benzene rings is 2. The second-order valence-corrected chi connectivity index (χ2v) is 5.60. The van der Waals surface area contributed by atoms with Crippen LogP contribution in [0.15, 0.2) is 71.9 Å². The van der Waals surface area contributed by atoms with Gasteiger partial charge in [0.15, 0.2) is 0 Å². The van der Waals surface area contributed by atoms with Crippen molar-refractivity contribution in [3.05, 3.63) is 88.7 Å². The van der Waals surface area contributed by atoms with Crippen LogP contribution in [-0.2, 0) is 6.54 Å². The van der Waals surface area contributed by atoms with E-state index in [2.05, 4.69) is 27.8 Å². The van der Waals surface area contributed by atoms with Crippen LogP contribution in [0.3, 0.4) is 0 Å². The first-order valence-corrected chi connectivity index (χ1v) is 7.59. The molecule has 0 radical (unpaired) electrons. The second-order valence-electron chi connectivity index (χ2n) is 5.19. The van der Waals surface area contributed by atoms with Gasteiger partial charge in [0, 0.05) is 23.1 Å². The topological polar surface area (TPSA) is 17.3 Å². The normalized spacial score (nSPS) is 11.2. The Hall–Kier alpha value is -2.32. The van der Waals surface area contributed by atoms with Crippen molar-refractivity contribution in [2.75, 3.05) is 0 Å². The van der Waals surface area contributed by atoms with Gasteiger partial charge in [-0.05, 0) is 42.3 Å². The van der Waals surface area contributed by atoms with Crippen LogP contribution in [0.5, 0.6) is 0 Å². The van der Waals surface area contributed by atoms with Gasteiger partial charge in [0.2, 0.25) is 0 Å². The van der Waals surface area contributed by atoms with Crippen LogP contribution in [0, 0.1) is 6.92 Å². The molecule has 22 heavy (non-hydrogen) atoms. The quantitative estimate of drug-likeness (QED) is 0.600. The van der Waals surface area contributed by atoms with Crippen LogP contribution < -0.4 is 0 Å². The maximum absolute atomic E-state index is 6.22. The number of halogens is 1. The summed E-state index contributed by atoms with van der Waals surface area (Å²) >= 11 is 6.22. The first-order chi connectivity index (χ1) is 10.7. The van der Waals surface area contributed by atoms with Gasteiger partial charge in [-0.1, -0.05) is 48.0 Å². The van der Waals surface area contributed by atoms with Crippen molar-refractivity contribution in [3.63, 3.8) is 0 Å². The van der Waals surface area contributed by atoms with Gasteiger partial charge >= 0.3 is 0 Å². The minimum atomic E-state index is 0.681. The first kappa shape index (κ1) is 14.6. The summed E-state index contributed by atoms with van der Waals surface area (Å²) < 4.78 is 2.08. The molecular formula is C19H17ClN2. The number of nitrogens with zero attached hydrogens (tertiary/aromatic N) is 2. The Morgan fingerprint density at radius 2 is 1.86 bits per heavy atom. The number of rotatable bonds is 4. The molecule has 0 spiro atoms. The third kappa shape index (κ3) is 3.29. The van der Waals surface area contributed by atoms with Crippen molar-refractivity contribution < 1.29 is 0 Å². The molecule has 0 atom stereocenters. The molecule has 2 aromatic carbocycles. The molecule has 0 N–H and O–H groups in total. The Balaban J connectivity index is 1.81. The SMILES string of the molecule is Cc1ccc(-n2cccc2C=NCc2ccccc2)cc1Cl. The Kier molecular flexibility index (Phi) is 4.40. The average molecular weight is 309 g/mol. The van der Waals surface area contributed by atoms with Crippen LogP contribution >= 0.6 is 11.6 Å². The molecule has 3 aromatic rings. The molecule has 0 aliphatic carbocycles. The summed E-state index contributed by atoms with van der Waals surface area (Å²) in [5, 5.41) is 0.776. The summed E-state index contributed by atoms with van der Waals surface area (Å²) in [4.78, 5) is 4.53. The van der Waals surface area contributed by atoms with E-state index in [1.807, 2.05) is 61.8 Å². The van der Waals surface area contributed by atoms with Crippen molar-refractivity contribution in [1.82, 2.24) is 4.57 Å². The van der Waals surface area contributed by atoms with E-state index in [0.717, 1.165) is 22.0 Å². The van der Waals surface area contributed by atoms with E-state index in [1.54, 1.807) is 0 Å². The molecular weight excluding hydrogens is 292 g/mol. The molecule has 110 valence electrons. The van der Waals surface area contributed by atoms with Gasteiger partial charge in [0.1, 0.15) is 0 Å². The smallest absolute Gasteiger partial charge is 0.0640 e. The summed E-state index contributed by atoms with van der Waals surface area (Å²) in [5.74, 6) is 0. The van der Waals surface area contributed by atoms with Gasteiger partial charge in [-0.25, -0.2) is 0 Å². The van der Waals surface area contributed by atoms with Gasteiger partial charge in [0.25, 0.3) is 0 Å². The van der Waals surface area contributed by atoms with E-state index in [9.17, 15) is 0 Å². The van der Waals surface area contributed by atoms with Gasteiger partial charge in [-0.3, -0.25) is 4.99 Å². The van der Waals surface area contributed by atoms with E-state index >= 15 is 0 Å². The summed E-state index contributed by atoms with van der Waals surface area (Å²) in [6, 6.07) is 20.4. The molecule has 0 aliphatic heterocycles. The molecule has 0 unspecified atom stereocenters. The highest BCUT2D eigenvalue weighted by Gasteiger charge is 2.03. The van der Waals surface area contributed by atoms with Gasteiger partial charge in [-0.15, -0.1) is 0 Å². The molecule has 0 saturated heterocycles. The zero-order valence-electron chi connectivity index (χ0n) is 12.4. The molecule has 0 saturated carbocycles. The lowest BCUT2D eigenvalue weighted by Gasteiger charge is -2.08. The van der Waals surface area contributed by atoms with E-state index in [-0.39, 0.29) is 0 Å². The molecule has 0 aliphatic rings. The number of hydrogen-bond donors (Lipinski definition) is 0. The third-order valence-electron chi connectivity index (χ3n) is 3.55. The maximum atomic E-state index is 6.22. The molecule has 2 nitrogen and oxygen atoms in total. The van der Waals surface area contributed by atoms with Crippen LogP contribution in [0.4, 0.5) is 0 Å². The third-order valence-corrected chi connectivity index (χ3v) is 3.96. The highest BCUT2D eigenvalue weighted by Crippen LogP contribution is 2.20. The monoisotopic (exact) mass is 308 g/mol. The van der Waals surface area contributed by atoms with Crippen molar-refractivity contribution in [1.29, 1.82) is 0 Å². The average Bonchev–Trinajstić information content (AvgIpc) is 3.00. The highest BCUT2D eigenvalue weighted by atomic mass is 35.5. The van der Waals surface area contributed by atoms with Gasteiger partial charge in [0.05, 0.1) is 12.2 Å². The standard InChI is InChI=1S/C19H17ClN2/c1-15-9-10-17(12-19(15)20)22-11-5-8-18(22)14-21-13-16-6-3-2-4-7-16/h2-12,14H,13H2,1H3. The van der Waals surface area contributed by atoms with Gasteiger partial charge in [-0.2, -0.15) is 0 Å². The van der Waals surface area contributed by atoms with E-state index < -0.39 is 0 Å². The molecule has 3 heteroatoms. The van der Waals surface area contributed by atoms with Crippen molar-refractivity contribution in [3.8, 4) is 5.69 Å². The Morgan fingerprint density at radius 1 is 1.05 bits per heavy atom. The number of hydrogen-bond acceptors (Lipinski definition) is 1. The van der Waals surface area contributed by atoms with Crippen LogP contribution in [0.25, 0.3) is 5.69 Å². The highest BCUT2D eigenvalue weighted by molar-refractivity contribution is 6.31.